The second-order valence-corrected chi connectivity index (χ2v) is 10.8. The number of nitrogens with zero attached hydrogens (tertiary/aromatic N) is 4. The molecular formula is C20H18N5O7PS2. The van der Waals surface area contributed by atoms with Gasteiger partial charge < -0.3 is 29.0 Å². The van der Waals surface area contributed by atoms with Gasteiger partial charge in [0.05, 0.1) is 18.1 Å². The number of aliphatic carboxylic acids is 1. The Kier molecular flexibility index (Phi) is 5.84. The molecule has 15 heteroatoms. The van der Waals surface area contributed by atoms with Crippen LogP contribution in [0.2, 0.25) is 0 Å². The summed E-state index contributed by atoms with van der Waals surface area (Å²) in [7, 11) is -1.46. The third kappa shape index (κ3) is 3.95. The van der Waals surface area contributed by atoms with Crippen LogP contribution in [-0.4, -0.2) is 70.8 Å². The van der Waals surface area contributed by atoms with Crippen LogP contribution >= 0.6 is 31.6 Å². The topological polar surface area (TPSA) is 153 Å². The number of nitrogens with one attached hydrogen (secondary N) is 1. The van der Waals surface area contributed by atoms with Gasteiger partial charge in [-0.1, -0.05) is 54.3 Å². The zero-order valence-electron chi connectivity index (χ0n) is 17.7. The van der Waals surface area contributed by atoms with E-state index in [-0.39, 0.29) is 34.5 Å². The van der Waals surface area contributed by atoms with Crippen LogP contribution < -0.4 is 5.56 Å². The number of aliphatic hydroxyl groups excluding tert-OH is 1. The summed E-state index contributed by atoms with van der Waals surface area (Å²) in [5, 5.41) is 20.4. The molecule has 5 heterocycles. The van der Waals surface area contributed by atoms with Crippen molar-refractivity contribution < 1.29 is 28.8 Å². The number of hydrogen-bond acceptors (Lipinski definition) is 10. The Hall–Kier alpha value is -2.45. The molecule has 4 aromatic rings. The molecule has 0 spiro atoms. The Bertz CT molecular complexity index is 1490. The van der Waals surface area contributed by atoms with Crippen LogP contribution in [0.3, 0.4) is 0 Å². The van der Waals surface area contributed by atoms with Gasteiger partial charge in [-0.25, -0.2) is 9.38 Å². The van der Waals surface area contributed by atoms with E-state index in [4.69, 9.17) is 13.8 Å². The highest BCUT2D eigenvalue weighted by Gasteiger charge is 2.50. The van der Waals surface area contributed by atoms with Gasteiger partial charge in [-0.2, -0.15) is 4.98 Å². The molecule has 6 rings (SSSR count). The molecule has 2 aliphatic rings. The van der Waals surface area contributed by atoms with E-state index in [1.807, 2.05) is 30.3 Å². The molecule has 0 saturated carbocycles. The average Bonchev–Trinajstić information content (AvgIpc) is 3.53. The van der Waals surface area contributed by atoms with E-state index >= 15 is 0 Å². The molecule has 0 radical (unpaired) electrons. The molecule has 0 bridgehead atoms. The first-order valence-electron chi connectivity index (χ1n) is 10.5. The number of fused-ring (bicyclic) bond motifs is 3. The zero-order valence-corrected chi connectivity index (χ0v) is 20.3. The van der Waals surface area contributed by atoms with Crippen molar-refractivity contribution in [1.82, 2.24) is 23.9 Å². The van der Waals surface area contributed by atoms with Gasteiger partial charge in [-0.3, -0.25) is 14.2 Å². The lowest BCUT2D eigenvalue weighted by molar-refractivity contribution is -0.133. The Labute approximate surface area is 207 Å². The van der Waals surface area contributed by atoms with Gasteiger partial charge in [0, 0.05) is 6.20 Å². The summed E-state index contributed by atoms with van der Waals surface area (Å²) in [6.45, 7) is 0.176. The van der Waals surface area contributed by atoms with Gasteiger partial charge in [0.25, 0.3) is 5.56 Å². The number of aromatic amines is 1. The second-order valence-electron chi connectivity index (χ2n) is 7.92. The van der Waals surface area contributed by atoms with E-state index in [0.29, 0.717) is 5.69 Å². The number of aromatic nitrogens is 5. The maximum atomic E-state index is 13.4. The first kappa shape index (κ1) is 23.0. The number of carbonyl (C=O) groups is 1. The number of H-pyrrole nitrogens is 1. The van der Waals surface area contributed by atoms with Crippen molar-refractivity contribution in [2.24, 2.45) is 0 Å². The van der Waals surface area contributed by atoms with E-state index in [2.05, 4.69) is 27.2 Å². The largest absolute Gasteiger partial charge is 0.481 e. The Balaban J connectivity index is 1.51. The molecule has 3 N–H and O–H groups in total. The SMILES string of the molecule is O=C(O)CSc1nc2c(=O)n3cc(-c4ccccc4)[nH]c3nc2n1[C@@H]1OC2CO[P@@](S)O[C@H]2C1O. The lowest BCUT2D eigenvalue weighted by Gasteiger charge is -2.28. The molecule has 2 fully saturated rings. The van der Waals surface area contributed by atoms with Crippen molar-refractivity contribution in [2.75, 3.05) is 12.4 Å². The van der Waals surface area contributed by atoms with Gasteiger partial charge in [0.1, 0.15) is 18.3 Å². The number of imidazole rings is 2. The number of aliphatic hydroxyl groups is 1. The number of carboxylic acid groups (broad SMARTS) is 1. The number of rotatable bonds is 5. The van der Waals surface area contributed by atoms with Crippen LogP contribution in [0.1, 0.15) is 6.23 Å². The minimum Gasteiger partial charge on any atom is -0.481 e. The third-order valence-corrected chi connectivity index (χ3v) is 8.11. The van der Waals surface area contributed by atoms with Gasteiger partial charge >= 0.3 is 5.97 Å². The Morgan fingerprint density at radius 1 is 1.31 bits per heavy atom. The standard InChI is InChI=1S/C20H18N5O7PS2/c26-12(27)8-35-20-22-13-16(25(20)18-14(28)15-11(31-18)7-30-33(34)32-15)23-19-21-10(6-24(19)17(13)29)9-4-2-1-3-5-9/h1-6,11,14-15,18,28,34H,7-8H2,(H,21,23)(H,26,27)/t11?,14?,15-,18-,33-/m1/s1. The quantitative estimate of drug-likeness (QED) is 0.170. The van der Waals surface area contributed by atoms with Crippen LogP contribution in [0.15, 0.2) is 46.5 Å². The summed E-state index contributed by atoms with van der Waals surface area (Å²) in [5.74, 6) is -1.10. The van der Waals surface area contributed by atoms with E-state index in [1.165, 1.54) is 8.97 Å². The highest BCUT2D eigenvalue weighted by molar-refractivity contribution is 8.41. The summed E-state index contributed by atoms with van der Waals surface area (Å²) >= 11 is 5.12. The smallest absolute Gasteiger partial charge is 0.313 e. The van der Waals surface area contributed by atoms with Crippen LogP contribution in [-0.2, 0) is 18.6 Å². The predicted molar refractivity (Wildman–Crippen MR) is 130 cm³/mol. The molecule has 2 saturated heterocycles. The first-order chi connectivity index (χ1) is 16.9. The predicted octanol–water partition coefficient (Wildman–Crippen LogP) is 2.05. The van der Waals surface area contributed by atoms with Crippen LogP contribution in [0.25, 0.3) is 28.2 Å². The van der Waals surface area contributed by atoms with Crippen molar-refractivity contribution in [2.45, 2.75) is 29.7 Å². The average molecular weight is 536 g/mol. The minimum atomic E-state index is -1.46. The molecule has 5 atom stereocenters. The van der Waals surface area contributed by atoms with Crippen molar-refractivity contribution in [3.05, 3.63) is 46.9 Å². The molecular weight excluding hydrogens is 517 g/mol. The number of carboxylic acids is 1. The molecule has 2 unspecified atom stereocenters. The summed E-state index contributed by atoms with van der Waals surface area (Å²) < 4.78 is 19.9. The highest BCUT2D eigenvalue weighted by Crippen LogP contribution is 2.52. The lowest BCUT2D eigenvalue weighted by atomic mass is 10.1. The van der Waals surface area contributed by atoms with Gasteiger partial charge in [0.2, 0.25) is 13.4 Å². The van der Waals surface area contributed by atoms with E-state index in [9.17, 15) is 19.8 Å². The Morgan fingerprint density at radius 2 is 2.11 bits per heavy atom. The van der Waals surface area contributed by atoms with Crippen molar-refractivity contribution in [3.63, 3.8) is 0 Å². The van der Waals surface area contributed by atoms with Crippen molar-refractivity contribution >= 4 is 54.5 Å². The monoisotopic (exact) mass is 535 g/mol. The second kappa shape index (κ2) is 8.89. The van der Waals surface area contributed by atoms with Gasteiger partial charge in [-0.05, 0) is 5.56 Å². The first-order valence-corrected chi connectivity index (χ1v) is 13.8. The molecule has 182 valence electrons. The summed E-state index contributed by atoms with van der Waals surface area (Å²) in [4.78, 5) is 36.8. The Morgan fingerprint density at radius 3 is 2.89 bits per heavy atom. The normalized spacial score (nSPS) is 26.4. The molecule has 3 aromatic heterocycles. The van der Waals surface area contributed by atoms with Crippen molar-refractivity contribution in [3.8, 4) is 11.3 Å². The molecule has 35 heavy (non-hydrogen) atoms. The minimum absolute atomic E-state index is 0.0216. The number of benzene rings is 1. The molecule has 0 aliphatic carbocycles. The summed E-state index contributed by atoms with van der Waals surface area (Å²) in [6, 6.07) is 9.46. The molecule has 1 aromatic carbocycles. The lowest BCUT2D eigenvalue weighted by Crippen LogP contribution is -2.37. The maximum Gasteiger partial charge on any atom is 0.313 e. The zero-order chi connectivity index (χ0) is 24.3. The van der Waals surface area contributed by atoms with Gasteiger partial charge in [0.15, 0.2) is 22.5 Å². The van der Waals surface area contributed by atoms with Crippen molar-refractivity contribution in [1.29, 1.82) is 0 Å². The number of ether oxygens (including phenoxy) is 1. The third-order valence-electron chi connectivity index (χ3n) is 5.75. The van der Waals surface area contributed by atoms with Crippen LogP contribution in [0, 0.1) is 0 Å². The number of thioether (sulfide) groups is 1. The van der Waals surface area contributed by atoms with E-state index < -0.39 is 43.6 Å². The van der Waals surface area contributed by atoms with Crippen LogP contribution in [0.4, 0.5) is 0 Å². The molecule has 12 nitrogen and oxygen atoms in total. The molecule has 2 aliphatic heterocycles. The van der Waals surface area contributed by atoms with E-state index in [0.717, 1.165) is 17.3 Å². The number of hydrogen-bond donors (Lipinski definition) is 4. The van der Waals surface area contributed by atoms with Crippen LogP contribution in [0.5, 0.6) is 0 Å². The van der Waals surface area contributed by atoms with Gasteiger partial charge in [-0.15, -0.1) is 0 Å². The fraction of sp³-hybridized carbons (Fsp3) is 0.300. The summed E-state index contributed by atoms with van der Waals surface area (Å²) in [5.41, 5.74) is 1.29. The number of thiol groups is 1. The fourth-order valence-corrected chi connectivity index (χ4v) is 6.27. The fourth-order valence-electron chi connectivity index (χ4n) is 4.20. The highest BCUT2D eigenvalue weighted by atomic mass is 32.7. The molecule has 0 amide bonds. The van der Waals surface area contributed by atoms with E-state index in [1.54, 1.807) is 6.20 Å². The summed E-state index contributed by atoms with van der Waals surface area (Å²) in [6.07, 6.45) is -1.81. The maximum absolute atomic E-state index is 13.4.